The largest absolute Gasteiger partial charge is 0.477 e. The molecule has 1 aliphatic heterocycles. The fraction of sp³-hybridized carbons (Fsp3) is 0.500. The van der Waals surface area contributed by atoms with Crippen LogP contribution in [0.15, 0.2) is 54.6 Å². The van der Waals surface area contributed by atoms with Crippen molar-refractivity contribution in [2.75, 3.05) is 6.54 Å². The van der Waals surface area contributed by atoms with Crippen LogP contribution in [-0.2, 0) is 17.6 Å². The number of aliphatic hydroxyl groups excluding tert-OH is 1. The summed E-state index contributed by atoms with van der Waals surface area (Å²) in [4.78, 5) is 26.7. The molecule has 3 rings (SSSR count). The molecule has 2 aromatic rings. The third-order valence-electron chi connectivity index (χ3n) is 6.65. The molecule has 0 aliphatic carbocycles. The second kappa shape index (κ2) is 13.4. The summed E-state index contributed by atoms with van der Waals surface area (Å²) in [7, 11) is 0. The van der Waals surface area contributed by atoms with Gasteiger partial charge in [-0.25, -0.2) is 4.79 Å². The summed E-state index contributed by atoms with van der Waals surface area (Å²) in [5.41, 5.74) is 1.38. The number of aryl methyl sites for hydroxylation is 2. The van der Waals surface area contributed by atoms with E-state index in [4.69, 9.17) is 5.11 Å². The molecule has 1 aliphatic rings. The van der Waals surface area contributed by atoms with Crippen molar-refractivity contribution in [2.45, 2.75) is 76.9 Å². The van der Waals surface area contributed by atoms with E-state index in [1.54, 1.807) is 6.07 Å². The molecule has 184 valence electrons. The molecule has 1 aromatic carbocycles. The second-order valence-electron chi connectivity index (χ2n) is 9.31. The predicted octanol–water partition coefficient (Wildman–Crippen LogP) is 5.73. The van der Waals surface area contributed by atoms with E-state index in [-0.39, 0.29) is 17.9 Å². The highest BCUT2D eigenvalue weighted by molar-refractivity contribution is 7.13. The van der Waals surface area contributed by atoms with E-state index in [2.05, 4.69) is 31.2 Å². The molecule has 0 bridgehead atoms. The summed E-state index contributed by atoms with van der Waals surface area (Å²) in [5.74, 6) is -0.537. The zero-order valence-electron chi connectivity index (χ0n) is 20.1. The fourth-order valence-corrected chi connectivity index (χ4v) is 5.41. The third-order valence-corrected chi connectivity index (χ3v) is 7.78. The van der Waals surface area contributed by atoms with Crippen molar-refractivity contribution >= 4 is 23.2 Å². The van der Waals surface area contributed by atoms with E-state index in [0.717, 1.165) is 43.4 Å². The lowest BCUT2D eigenvalue weighted by Gasteiger charge is -2.23. The Hall–Kier alpha value is -2.44. The number of carbonyl (C=O) groups is 2. The number of rotatable bonds is 14. The number of carbonyl (C=O) groups excluding carboxylic acids is 1. The summed E-state index contributed by atoms with van der Waals surface area (Å²) < 4.78 is 0. The number of aliphatic hydroxyl groups is 1. The summed E-state index contributed by atoms with van der Waals surface area (Å²) in [6, 6.07) is 14.1. The average Bonchev–Trinajstić information content (AvgIpc) is 3.45. The van der Waals surface area contributed by atoms with Gasteiger partial charge in [0.25, 0.3) is 0 Å². The molecule has 0 radical (unpaired) electrons. The number of hydrogen-bond acceptors (Lipinski definition) is 4. The van der Waals surface area contributed by atoms with Crippen LogP contribution in [0.3, 0.4) is 0 Å². The van der Waals surface area contributed by atoms with Gasteiger partial charge in [0, 0.05) is 17.8 Å². The number of aromatic carboxylic acids is 1. The molecule has 1 fully saturated rings. The van der Waals surface area contributed by atoms with Crippen molar-refractivity contribution in [3.05, 3.63) is 69.9 Å². The van der Waals surface area contributed by atoms with Crippen molar-refractivity contribution in [1.29, 1.82) is 0 Å². The molecule has 1 amide bonds. The average molecular weight is 484 g/mol. The van der Waals surface area contributed by atoms with Crippen LogP contribution in [0.4, 0.5) is 0 Å². The molecule has 1 saturated heterocycles. The lowest BCUT2D eigenvalue weighted by molar-refractivity contribution is -0.128. The first-order valence-electron chi connectivity index (χ1n) is 12.5. The number of carboxylic acids is 1. The second-order valence-corrected chi connectivity index (χ2v) is 10.5. The summed E-state index contributed by atoms with van der Waals surface area (Å²) in [6.07, 6.45) is 11.8. The predicted molar refractivity (Wildman–Crippen MR) is 137 cm³/mol. The zero-order chi connectivity index (χ0) is 24.3. The highest BCUT2D eigenvalue weighted by Crippen LogP contribution is 2.23. The van der Waals surface area contributed by atoms with Crippen LogP contribution in [0.5, 0.6) is 0 Å². The van der Waals surface area contributed by atoms with Gasteiger partial charge in [-0.15, -0.1) is 11.3 Å². The Morgan fingerprint density at radius 2 is 1.91 bits per heavy atom. The maximum absolute atomic E-state index is 12.4. The summed E-state index contributed by atoms with van der Waals surface area (Å²) >= 11 is 1.30. The molecular weight excluding hydrogens is 446 g/mol. The maximum atomic E-state index is 12.4. The molecule has 6 heteroatoms. The van der Waals surface area contributed by atoms with Crippen LogP contribution in [0.2, 0.25) is 0 Å². The van der Waals surface area contributed by atoms with Gasteiger partial charge in [-0.05, 0) is 62.1 Å². The van der Waals surface area contributed by atoms with Gasteiger partial charge >= 0.3 is 5.97 Å². The van der Waals surface area contributed by atoms with Crippen LogP contribution in [0.1, 0.15) is 72.0 Å². The van der Waals surface area contributed by atoms with Crippen molar-refractivity contribution in [3.8, 4) is 0 Å². The lowest BCUT2D eigenvalue weighted by Crippen LogP contribution is -2.33. The number of likely N-dealkylation sites (tertiary alicyclic amines) is 1. The summed E-state index contributed by atoms with van der Waals surface area (Å²) in [5, 5.41) is 19.7. The number of unbranched alkanes of at least 4 members (excludes halogenated alkanes) is 2. The van der Waals surface area contributed by atoms with Crippen LogP contribution in [-0.4, -0.2) is 45.7 Å². The van der Waals surface area contributed by atoms with Crippen molar-refractivity contribution in [2.24, 2.45) is 5.92 Å². The van der Waals surface area contributed by atoms with E-state index < -0.39 is 12.1 Å². The molecular formula is C28H37NO4S. The van der Waals surface area contributed by atoms with Crippen LogP contribution >= 0.6 is 11.3 Å². The number of nitrogens with zero attached hydrogens (tertiary/aromatic N) is 1. The normalized spacial score (nSPS) is 18.0. The maximum Gasteiger partial charge on any atom is 0.345 e. The Kier molecular flexibility index (Phi) is 10.4. The Balaban J connectivity index is 1.37. The highest BCUT2D eigenvalue weighted by atomic mass is 32.1. The SMILES string of the molecule is C[C@@H](CCCCCc1ccccc1)[C@@H](O)/C=C/[C@H]1CCC(=O)N1CCCc1ccc(C(=O)O)s1. The van der Waals surface area contributed by atoms with Crippen LogP contribution < -0.4 is 0 Å². The van der Waals surface area contributed by atoms with E-state index in [0.29, 0.717) is 17.8 Å². The highest BCUT2D eigenvalue weighted by Gasteiger charge is 2.28. The first-order chi connectivity index (χ1) is 16.4. The molecule has 0 saturated carbocycles. The smallest absolute Gasteiger partial charge is 0.345 e. The van der Waals surface area contributed by atoms with E-state index in [9.17, 15) is 14.7 Å². The first-order valence-corrected chi connectivity index (χ1v) is 13.3. The number of benzene rings is 1. The molecule has 3 atom stereocenters. The molecule has 1 aromatic heterocycles. The van der Waals surface area contributed by atoms with E-state index in [1.165, 1.54) is 29.7 Å². The third kappa shape index (κ3) is 8.10. The summed E-state index contributed by atoms with van der Waals surface area (Å²) in [6.45, 7) is 2.75. The Morgan fingerprint density at radius 1 is 1.12 bits per heavy atom. The Morgan fingerprint density at radius 3 is 2.65 bits per heavy atom. The fourth-order valence-electron chi connectivity index (χ4n) is 4.52. The number of carboxylic acid groups (broad SMARTS) is 1. The first kappa shape index (κ1) is 26.2. The minimum absolute atomic E-state index is 0.0399. The number of thiophene rings is 1. The van der Waals surface area contributed by atoms with Gasteiger partial charge in [-0.2, -0.15) is 0 Å². The molecule has 2 heterocycles. The van der Waals surface area contributed by atoms with Gasteiger partial charge in [0.15, 0.2) is 0 Å². The minimum atomic E-state index is -0.892. The Labute approximate surface area is 207 Å². The zero-order valence-corrected chi connectivity index (χ0v) is 20.9. The van der Waals surface area contributed by atoms with Gasteiger partial charge in [-0.3, -0.25) is 4.79 Å². The minimum Gasteiger partial charge on any atom is -0.477 e. The van der Waals surface area contributed by atoms with Crippen molar-refractivity contribution < 1.29 is 19.8 Å². The van der Waals surface area contributed by atoms with Gasteiger partial charge in [0.2, 0.25) is 5.91 Å². The molecule has 34 heavy (non-hydrogen) atoms. The molecule has 5 nitrogen and oxygen atoms in total. The molecule has 0 unspecified atom stereocenters. The van der Waals surface area contributed by atoms with Gasteiger partial charge in [0.05, 0.1) is 12.1 Å². The van der Waals surface area contributed by atoms with Crippen LogP contribution in [0.25, 0.3) is 0 Å². The van der Waals surface area contributed by atoms with Crippen molar-refractivity contribution in [3.63, 3.8) is 0 Å². The van der Waals surface area contributed by atoms with Gasteiger partial charge < -0.3 is 15.1 Å². The standard InChI is InChI=1S/C28H37NO4S/c1-21(9-4-2-5-10-22-11-6-3-7-12-22)25(30)17-14-23-15-19-27(31)29(23)20-8-13-24-16-18-26(34-24)28(32)33/h3,6-7,11-12,14,16-18,21,23,25,30H,2,4-5,8-10,13,15,19-20H2,1H3,(H,32,33)/b17-14+/t21-,23-,25-/m0/s1. The topological polar surface area (TPSA) is 77.8 Å². The van der Waals surface area contributed by atoms with Gasteiger partial charge in [-0.1, -0.05) is 62.2 Å². The monoisotopic (exact) mass is 483 g/mol. The number of amides is 1. The van der Waals surface area contributed by atoms with Crippen molar-refractivity contribution in [1.82, 2.24) is 4.90 Å². The molecule has 0 spiro atoms. The number of hydrogen-bond donors (Lipinski definition) is 2. The van der Waals surface area contributed by atoms with Gasteiger partial charge in [0.1, 0.15) is 4.88 Å². The quantitative estimate of drug-likeness (QED) is 0.266. The lowest BCUT2D eigenvalue weighted by atomic mass is 9.95. The molecule has 2 N–H and O–H groups in total. The van der Waals surface area contributed by atoms with E-state index >= 15 is 0 Å². The van der Waals surface area contributed by atoms with E-state index in [1.807, 2.05) is 29.2 Å². The van der Waals surface area contributed by atoms with Crippen LogP contribution in [0, 0.1) is 5.92 Å². The Bertz CT molecular complexity index is 939.